The van der Waals surface area contributed by atoms with Crippen molar-refractivity contribution in [2.75, 3.05) is 7.11 Å². The topological polar surface area (TPSA) is 118 Å². The average molecular weight is 493 g/mol. The first-order chi connectivity index (χ1) is 15.5. The number of ether oxygens (including phenoxy) is 2. The fourth-order valence-corrected chi connectivity index (χ4v) is 7.48. The summed E-state index contributed by atoms with van der Waals surface area (Å²) in [6.07, 6.45) is 6.62. The van der Waals surface area contributed by atoms with Gasteiger partial charge in [-0.3, -0.25) is 9.59 Å². The quantitative estimate of drug-likeness (QED) is 0.478. The van der Waals surface area contributed by atoms with Gasteiger partial charge in [0, 0.05) is 16.5 Å². The molecule has 0 aromatic carbocycles. The largest absolute Gasteiger partial charge is 0.467 e. The molecule has 2 fully saturated rings. The van der Waals surface area contributed by atoms with Crippen molar-refractivity contribution in [3.05, 3.63) is 34.3 Å². The van der Waals surface area contributed by atoms with E-state index in [-0.39, 0.29) is 30.3 Å². The number of methoxy groups -OCH3 is 1. The van der Waals surface area contributed by atoms with Crippen LogP contribution in [0.15, 0.2) is 23.6 Å². The van der Waals surface area contributed by atoms with Crippen LogP contribution < -0.4 is 5.32 Å². The molecule has 178 valence electrons. The lowest BCUT2D eigenvalue weighted by molar-refractivity contribution is -0.164. The van der Waals surface area contributed by atoms with Gasteiger partial charge in [0.2, 0.25) is 5.91 Å². The summed E-state index contributed by atoms with van der Waals surface area (Å²) in [5.41, 5.74) is -1.19. The summed E-state index contributed by atoms with van der Waals surface area (Å²) in [5.74, 6) is -1.24. The SMILES string of the molecule is COC(=O)[C@](C)(O)[C@]12CC[C@](C)(S1)[C@@H]1O[C@H]1C(=O)/C=C/C=C\c1csc(n1)[C@@H](C)NC(=O)C2. The molecule has 6 atom stereocenters. The molecule has 8 nitrogen and oxygen atoms in total. The highest BCUT2D eigenvalue weighted by Gasteiger charge is 2.66. The van der Waals surface area contributed by atoms with E-state index in [0.29, 0.717) is 12.8 Å². The Hall–Kier alpha value is -2.01. The molecule has 3 aliphatic heterocycles. The highest BCUT2D eigenvalue weighted by Crippen LogP contribution is 2.61. The molecule has 33 heavy (non-hydrogen) atoms. The maximum absolute atomic E-state index is 13.1. The van der Waals surface area contributed by atoms with E-state index in [0.717, 1.165) is 10.7 Å². The summed E-state index contributed by atoms with van der Waals surface area (Å²) in [4.78, 5) is 42.9. The molecule has 0 unspecified atom stereocenters. The molecule has 4 heterocycles. The number of hydrogen-bond donors (Lipinski definition) is 2. The standard InChI is InChI=1S/C23H28N2O6S2/c1-13-19-25-14(12-32-19)7-5-6-8-15(26)17-18(31-17)21(2)9-10-23(33-21,11-16(27)24-13)22(3,29)20(28)30-4/h5-8,12-13,17-18,29H,9-11H2,1-4H3,(H,24,27)/b7-5-,8-6+/t13-,17+,18-,21+,22+,23-/m1/s1. The number of aliphatic hydroxyl groups is 1. The van der Waals surface area contributed by atoms with Gasteiger partial charge in [0.25, 0.3) is 0 Å². The first-order valence-corrected chi connectivity index (χ1v) is 12.5. The van der Waals surface area contributed by atoms with E-state index < -0.39 is 27.2 Å². The minimum atomic E-state index is -1.92. The number of amides is 1. The number of ketones is 1. The number of nitrogens with zero attached hydrogens (tertiary/aromatic N) is 1. The van der Waals surface area contributed by atoms with E-state index >= 15 is 0 Å². The van der Waals surface area contributed by atoms with Gasteiger partial charge in [0.05, 0.1) is 23.6 Å². The number of epoxide rings is 1. The predicted molar refractivity (Wildman–Crippen MR) is 126 cm³/mol. The molecular formula is C23H28N2O6S2. The zero-order valence-corrected chi connectivity index (χ0v) is 20.6. The second-order valence-corrected chi connectivity index (χ2v) is 12.0. The van der Waals surface area contributed by atoms with Crippen LogP contribution in [0.3, 0.4) is 0 Å². The Morgan fingerprint density at radius 1 is 1.33 bits per heavy atom. The maximum Gasteiger partial charge on any atom is 0.339 e. The number of thiazole rings is 1. The molecular weight excluding hydrogens is 464 g/mol. The highest BCUT2D eigenvalue weighted by atomic mass is 32.2. The van der Waals surface area contributed by atoms with Crippen molar-refractivity contribution in [1.82, 2.24) is 10.3 Å². The third-order valence-corrected chi connectivity index (χ3v) is 9.76. The maximum atomic E-state index is 13.1. The van der Waals surface area contributed by atoms with Crippen LogP contribution in [0, 0.1) is 0 Å². The van der Waals surface area contributed by atoms with Crippen molar-refractivity contribution in [2.45, 2.75) is 73.4 Å². The van der Waals surface area contributed by atoms with Crippen LogP contribution in [0.4, 0.5) is 0 Å². The highest BCUT2D eigenvalue weighted by molar-refractivity contribution is 8.02. The van der Waals surface area contributed by atoms with Crippen LogP contribution in [0.1, 0.15) is 56.8 Å². The molecule has 4 rings (SSSR count). The van der Waals surface area contributed by atoms with Crippen LogP contribution in [-0.4, -0.2) is 62.2 Å². The van der Waals surface area contributed by atoms with Gasteiger partial charge in [0.1, 0.15) is 17.2 Å². The van der Waals surface area contributed by atoms with Crippen molar-refractivity contribution in [3.63, 3.8) is 0 Å². The smallest absolute Gasteiger partial charge is 0.339 e. The number of carbonyl (C=O) groups excluding carboxylic acids is 3. The zero-order chi connectivity index (χ0) is 24.0. The summed E-state index contributed by atoms with van der Waals surface area (Å²) in [6, 6.07) is -0.341. The molecule has 1 aromatic rings. The summed E-state index contributed by atoms with van der Waals surface area (Å²) in [5, 5.41) is 16.9. The lowest BCUT2D eigenvalue weighted by Crippen LogP contribution is -2.57. The minimum absolute atomic E-state index is 0.0942. The molecule has 3 aliphatic rings. The summed E-state index contributed by atoms with van der Waals surface area (Å²) >= 11 is 2.77. The Kier molecular flexibility index (Phi) is 6.32. The minimum Gasteiger partial charge on any atom is -0.467 e. The molecule has 0 saturated carbocycles. The van der Waals surface area contributed by atoms with E-state index in [1.54, 1.807) is 18.2 Å². The average Bonchev–Trinajstić information content (AvgIpc) is 3.32. The number of hydrogen-bond acceptors (Lipinski definition) is 9. The van der Waals surface area contributed by atoms with E-state index in [1.807, 2.05) is 19.2 Å². The van der Waals surface area contributed by atoms with Gasteiger partial charge in [-0.2, -0.15) is 0 Å². The van der Waals surface area contributed by atoms with E-state index in [4.69, 9.17) is 9.47 Å². The zero-order valence-electron chi connectivity index (χ0n) is 19.0. The van der Waals surface area contributed by atoms with Gasteiger partial charge in [0.15, 0.2) is 11.4 Å². The molecule has 1 amide bonds. The fraction of sp³-hybridized carbons (Fsp3) is 0.565. The van der Waals surface area contributed by atoms with Crippen molar-refractivity contribution in [3.8, 4) is 0 Å². The van der Waals surface area contributed by atoms with Crippen LogP contribution in [0.5, 0.6) is 0 Å². The second-order valence-electron chi connectivity index (χ2n) is 9.15. The molecule has 1 aromatic heterocycles. The fourth-order valence-electron chi connectivity index (χ4n) is 4.61. The van der Waals surface area contributed by atoms with Gasteiger partial charge < -0.3 is 19.9 Å². The second kappa shape index (κ2) is 8.65. The van der Waals surface area contributed by atoms with Crippen molar-refractivity contribution >= 4 is 46.8 Å². The molecule has 2 N–H and O–H groups in total. The van der Waals surface area contributed by atoms with Gasteiger partial charge in [-0.05, 0) is 45.8 Å². The summed E-state index contributed by atoms with van der Waals surface area (Å²) in [7, 11) is 1.21. The first-order valence-electron chi connectivity index (χ1n) is 10.8. The lowest BCUT2D eigenvalue weighted by atomic mass is 9.80. The number of aromatic nitrogens is 1. The van der Waals surface area contributed by atoms with Crippen LogP contribution in [0.25, 0.3) is 6.08 Å². The number of esters is 1. The van der Waals surface area contributed by atoms with Crippen molar-refractivity contribution in [1.29, 1.82) is 0 Å². The molecule has 0 spiro atoms. The Morgan fingerprint density at radius 3 is 2.79 bits per heavy atom. The van der Waals surface area contributed by atoms with Crippen LogP contribution >= 0.6 is 23.1 Å². The number of rotatable bonds is 2. The molecule has 4 bridgehead atoms. The van der Waals surface area contributed by atoms with Gasteiger partial charge in [-0.1, -0.05) is 12.2 Å². The van der Waals surface area contributed by atoms with E-state index in [9.17, 15) is 19.5 Å². The number of nitrogens with one attached hydrogen (secondary N) is 1. The third kappa shape index (κ3) is 4.41. The Labute approximate surface area is 200 Å². The lowest BCUT2D eigenvalue weighted by Gasteiger charge is -2.41. The Bertz CT molecular complexity index is 1030. The van der Waals surface area contributed by atoms with E-state index in [1.165, 1.54) is 43.2 Å². The van der Waals surface area contributed by atoms with Crippen molar-refractivity contribution in [2.24, 2.45) is 0 Å². The van der Waals surface area contributed by atoms with Crippen molar-refractivity contribution < 1.29 is 29.0 Å². The number of fused-ring (bicyclic) bond motifs is 6. The molecule has 0 radical (unpaired) electrons. The number of carbonyl (C=O) groups is 3. The number of thioether (sulfide) groups is 1. The van der Waals surface area contributed by atoms with Gasteiger partial charge in [-0.25, -0.2) is 9.78 Å². The van der Waals surface area contributed by atoms with Crippen LogP contribution in [-0.2, 0) is 23.9 Å². The molecule has 10 heteroatoms. The molecule has 0 aliphatic carbocycles. The Morgan fingerprint density at radius 2 is 2.06 bits per heavy atom. The molecule has 2 saturated heterocycles. The van der Waals surface area contributed by atoms with Gasteiger partial charge in [-0.15, -0.1) is 23.1 Å². The normalized spacial score (nSPS) is 37.8. The third-order valence-electron chi connectivity index (χ3n) is 6.67. The van der Waals surface area contributed by atoms with Crippen LogP contribution in [0.2, 0.25) is 0 Å². The summed E-state index contributed by atoms with van der Waals surface area (Å²) < 4.78 is 8.96. The first kappa shape index (κ1) is 24.1. The number of allylic oxidation sites excluding steroid dienone is 2. The van der Waals surface area contributed by atoms with E-state index in [2.05, 4.69) is 10.3 Å². The Balaban J connectivity index is 1.70. The predicted octanol–water partition coefficient (Wildman–Crippen LogP) is 2.58. The monoisotopic (exact) mass is 492 g/mol. The summed E-state index contributed by atoms with van der Waals surface area (Å²) in [6.45, 7) is 5.20. The van der Waals surface area contributed by atoms with Gasteiger partial charge >= 0.3 is 5.97 Å².